The molecule has 0 fully saturated rings. The lowest BCUT2D eigenvalue weighted by Crippen LogP contribution is -1.96. The molecule has 0 aromatic heterocycles. The number of carbonyl (C=O) groups excluding carboxylic acids is 1. The fraction of sp³-hybridized carbons (Fsp3) is 0.222. The lowest BCUT2D eigenvalue weighted by atomic mass is 10.1. The Morgan fingerprint density at radius 2 is 2.14 bits per heavy atom. The molecule has 0 aliphatic carbocycles. The van der Waals surface area contributed by atoms with E-state index in [-0.39, 0.29) is 22.9 Å². The van der Waals surface area contributed by atoms with E-state index in [1.54, 1.807) is 0 Å². The van der Waals surface area contributed by atoms with Gasteiger partial charge in [0.25, 0.3) is 0 Å². The average molecular weight is 265 g/mol. The van der Waals surface area contributed by atoms with Crippen molar-refractivity contribution in [1.29, 1.82) is 0 Å². The van der Waals surface area contributed by atoms with Gasteiger partial charge in [-0.2, -0.15) is 0 Å². The number of halogens is 3. The minimum Gasteiger partial charge on any atom is -0.505 e. The number of rotatable bonds is 3. The number of hydrogen-bond acceptors (Lipinski definition) is 2. The molecular formula is C9H7BrF2O2. The first-order valence-corrected chi connectivity index (χ1v) is 4.66. The maximum Gasteiger partial charge on any atom is 0.166 e. The third-order valence-corrected chi connectivity index (χ3v) is 2.33. The van der Waals surface area contributed by atoms with Gasteiger partial charge in [0, 0.05) is 12.0 Å². The molecule has 5 heteroatoms. The molecule has 0 aliphatic rings. The maximum absolute atomic E-state index is 13.3. The highest BCUT2D eigenvalue weighted by atomic mass is 79.9. The molecule has 0 amide bonds. The van der Waals surface area contributed by atoms with Crippen molar-refractivity contribution in [3.63, 3.8) is 0 Å². The zero-order valence-electron chi connectivity index (χ0n) is 7.06. The lowest BCUT2D eigenvalue weighted by molar-refractivity contribution is -0.107. The van der Waals surface area contributed by atoms with Gasteiger partial charge in [0.1, 0.15) is 12.1 Å². The molecule has 0 saturated carbocycles. The zero-order chi connectivity index (χ0) is 10.7. The SMILES string of the molecule is O=CCCc1c(O)c(F)cc(Br)c1F. The Kier molecular flexibility index (Phi) is 3.57. The van der Waals surface area contributed by atoms with Crippen LogP contribution in [0.3, 0.4) is 0 Å². The Labute approximate surface area is 87.7 Å². The molecule has 0 heterocycles. The molecule has 0 bridgehead atoms. The molecule has 0 radical (unpaired) electrons. The molecule has 0 atom stereocenters. The van der Waals surface area contributed by atoms with Crippen molar-refractivity contribution in [2.75, 3.05) is 0 Å². The van der Waals surface area contributed by atoms with Crippen molar-refractivity contribution in [3.8, 4) is 5.75 Å². The van der Waals surface area contributed by atoms with Gasteiger partial charge in [-0.05, 0) is 28.4 Å². The monoisotopic (exact) mass is 264 g/mol. The molecule has 14 heavy (non-hydrogen) atoms. The summed E-state index contributed by atoms with van der Waals surface area (Å²) in [6.07, 6.45) is 0.607. The summed E-state index contributed by atoms with van der Waals surface area (Å²) in [5, 5.41) is 9.18. The molecule has 2 nitrogen and oxygen atoms in total. The number of aromatic hydroxyl groups is 1. The number of carbonyl (C=O) groups is 1. The lowest BCUT2D eigenvalue weighted by Gasteiger charge is -2.06. The first-order valence-electron chi connectivity index (χ1n) is 3.87. The summed E-state index contributed by atoms with van der Waals surface area (Å²) < 4.78 is 26.1. The Morgan fingerprint density at radius 3 is 2.71 bits per heavy atom. The third kappa shape index (κ3) is 2.09. The second-order valence-electron chi connectivity index (χ2n) is 2.69. The minimum absolute atomic E-state index is 0.0163. The fourth-order valence-corrected chi connectivity index (χ4v) is 1.51. The second kappa shape index (κ2) is 4.50. The average Bonchev–Trinajstić information content (AvgIpc) is 2.15. The van der Waals surface area contributed by atoms with E-state index in [0.717, 1.165) is 6.07 Å². The van der Waals surface area contributed by atoms with Gasteiger partial charge < -0.3 is 9.90 Å². The molecule has 1 rings (SSSR count). The van der Waals surface area contributed by atoms with E-state index in [1.165, 1.54) is 0 Å². The molecule has 1 N–H and O–H groups in total. The molecule has 1 aromatic rings. The normalized spacial score (nSPS) is 10.2. The van der Waals surface area contributed by atoms with Crippen molar-refractivity contribution < 1.29 is 18.7 Å². The highest BCUT2D eigenvalue weighted by Gasteiger charge is 2.16. The highest BCUT2D eigenvalue weighted by Crippen LogP contribution is 2.30. The summed E-state index contributed by atoms with van der Waals surface area (Å²) in [5.74, 6) is -2.36. The van der Waals surface area contributed by atoms with Crippen LogP contribution in [0.15, 0.2) is 10.5 Å². The summed E-state index contributed by atoms with van der Waals surface area (Å²) in [6.45, 7) is 0. The van der Waals surface area contributed by atoms with Gasteiger partial charge in [-0.25, -0.2) is 8.78 Å². The standard InChI is InChI=1S/C9H7BrF2O2/c10-6-4-7(11)9(14)5(8(6)12)2-1-3-13/h3-4,14H,1-2H2. The zero-order valence-corrected chi connectivity index (χ0v) is 8.64. The van der Waals surface area contributed by atoms with Crippen LogP contribution in [0.25, 0.3) is 0 Å². The van der Waals surface area contributed by atoms with Crippen molar-refractivity contribution in [3.05, 3.63) is 27.7 Å². The van der Waals surface area contributed by atoms with Crippen molar-refractivity contribution in [1.82, 2.24) is 0 Å². The predicted molar refractivity (Wildman–Crippen MR) is 50.1 cm³/mol. The van der Waals surface area contributed by atoms with E-state index >= 15 is 0 Å². The largest absolute Gasteiger partial charge is 0.505 e. The van der Waals surface area contributed by atoms with Gasteiger partial charge in [0.05, 0.1) is 4.47 Å². The number of benzene rings is 1. The van der Waals surface area contributed by atoms with Gasteiger partial charge in [-0.15, -0.1) is 0 Å². The van der Waals surface area contributed by atoms with E-state index in [2.05, 4.69) is 15.9 Å². The molecule has 76 valence electrons. The first-order chi connectivity index (χ1) is 6.57. The van der Waals surface area contributed by atoms with E-state index in [1.807, 2.05) is 0 Å². The van der Waals surface area contributed by atoms with Crippen LogP contribution in [0.1, 0.15) is 12.0 Å². The molecule has 1 aromatic carbocycles. The molecular weight excluding hydrogens is 258 g/mol. The number of phenolic OH excluding ortho intramolecular Hbond substituents is 1. The van der Waals surface area contributed by atoms with Crippen LogP contribution < -0.4 is 0 Å². The van der Waals surface area contributed by atoms with Crippen molar-refractivity contribution >= 4 is 22.2 Å². The summed E-state index contributed by atoms with van der Waals surface area (Å²) in [7, 11) is 0. The van der Waals surface area contributed by atoms with Crippen LogP contribution in [-0.4, -0.2) is 11.4 Å². The fourth-order valence-electron chi connectivity index (χ4n) is 1.07. The Balaban J connectivity index is 3.17. The van der Waals surface area contributed by atoms with E-state index in [9.17, 15) is 18.7 Å². The van der Waals surface area contributed by atoms with Gasteiger partial charge in [0.2, 0.25) is 0 Å². The van der Waals surface area contributed by atoms with Gasteiger partial charge in [0.15, 0.2) is 11.6 Å². The number of phenols is 1. The number of hydrogen-bond donors (Lipinski definition) is 1. The van der Waals surface area contributed by atoms with Crippen LogP contribution in [0, 0.1) is 11.6 Å². The highest BCUT2D eigenvalue weighted by molar-refractivity contribution is 9.10. The second-order valence-corrected chi connectivity index (χ2v) is 3.54. The van der Waals surface area contributed by atoms with Gasteiger partial charge in [-0.3, -0.25) is 0 Å². The predicted octanol–water partition coefficient (Wildman–Crippen LogP) is 2.56. The Hall–Kier alpha value is -0.970. The first kappa shape index (κ1) is 11.1. The van der Waals surface area contributed by atoms with Gasteiger partial charge in [-0.1, -0.05) is 0 Å². The van der Waals surface area contributed by atoms with Crippen molar-refractivity contribution in [2.24, 2.45) is 0 Å². The van der Waals surface area contributed by atoms with E-state index in [4.69, 9.17) is 0 Å². The van der Waals surface area contributed by atoms with E-state index in [0.29, 0.717) is 6.29 Å². The van der Waals surface area contributed by atoms with Gasteiger partial charge >= 0.3 is 0 Å². The van der Waals surface area contributed by atoms with Crippen LogP contribution in [0.4, 0.5) is 8.78 Å². The van der Waals surface area contributed by atoms with Crippen LogP contribution in [-0.2, 0) is 11.2 Å². The maximum atomic E-state index is 13.3. The Morgan fingerprint density at radius 1 is 1.50 bits per heavy atom. The topological polar surface area (TPSA) is 37.3 Å². The summed E-state index contributed by atoms with van der Waals surface area (Å²) in [6, 6.07) is 0.842. The summed E-state index contributed by atoms with van der Waals surface area (Å²) in [5.41, 5.74) is -0.177. The van der Waals surface area contributed by atoms with Crippen LogP contribution in [0.2, 0.25) is 0 Å². The summed E-state index contributed by atoms with van der Waals surface area (Å²) >= 11 is 2.81. The van der Waals surface area contributed by atoms with E-state index < -0.39 is 17.4 Å². The minimum atomic E-state index is -0.904. The van der Waals surface area contributed by atoms with Crippen LogP contribution in [0.5, 0.6) is 5.75 Å². The molecule has 0 aliphatic heterocycles. The smallest absolute Gasteiger partial charge is 0.166 e. The number of aldehydes is 1. The molecule has 0 saturated heterocycles. The Bertz CT molecular complexity index is 340. The molecule has 0 unspecified atom stereocenters. The summed E-state index contributed by atoms with van der Waals surface area (Å²) in [4.78, 5) is 10.1. The molecule has 0 spiro atoms. The van der Waals surface area contributed by atoms with Crippen molar-refractivity contribution in [2.45, 2.75) is 12.8 Å². The quantitative estimate of drug-likeness (QED) is 0.673. The third-order valence-electron chi connectivity index (χ3n) is 1.75. The van der Waals surface area contributed by atoms with Crippen LogP contribution >= 0.6 is 15.9 Å².